The monoisotopic (exact) mass is 596 g/mol. The van der Waals surface area contributed by atoms with Gasteiger partial charge in [-0.15, -0.1) is 0 Å². The summed E-state index contributed by atoms with van der Waals surface area (Å²) in [6.07, 6.45) is 13.6. The summed E-state index contributed by atoms with van der Waals surface area (Å²) in [7, 11) is 0. The summed E-state index contributed by atoms with van der Waals surface area (Å²) < 4.78 is 10.7. The molecule has 2 aromatic carbocycles. The zero-order chi connectivity index (χ0) is 30.0. The summed E-state index contributed by atoms with van der Waals surface area (Å²) in [5.74, 6) is -1.72. The topological polar surface area (TPSA) is 89.9 Å². The van der Waals surface area contributed by atoms with Crippen LogP contribution in [0.25, 0.3) is 0 Å². The van der Waals surface area contributed by atoms with Gasteiger partial charge in [-0.05, 0) is 37.1 Å². The van der Waals surface area contributed by atoms with Crippen molar-refractivity contribution in [2.45, 2.75) is 97.8 Å². The fourth-order valence-electron chi connectivity index (χ4n) is 3.53. The number of hydrogen-bond acceptors (Lipinski definition) is 5. The number of rotatable bonds is 16. The predicted molar refractivity (Wildman–Crippen MR) is 164 cm³/mol. The van der Waals surface area contributed by atoms with E-state index in [1.54, 1.807) is 36.4 Å². The molecule has 0 aromatic heterocycles. The van der Waals surface area contributed by atoms with Gasteiger partial charge in [0, 0.05) is 6.92 Å². The molecule has 0 amide bonds. The number of carboxylic acid groups (broad SMARTS) is 1. The highest BCUT2D eigenvalue weighted by Crippen LogP contribution is 2.19. The van der Waals surface area contributed by atoms with E-state index in [2.05, 4.69) is 13.8 Å². The Hall–Kier alpha value is -2.57. The third-order valence-corrected chi connectivity index (χ3v) is 6.41. The SMILES string of the molecule is CC(=O)O.CCCCCCCCOC(=O)c1ccccc1C(=O)OCCCCCCCC.Clc1ccccc1Cl. The van der Waals surface area contributed by atoms with E-state index in [9.17, 15) is 9.59 Å². The Morgan fingerprint density at radius 3 is 1.23 bits per heavy atom. The highest BCUT2D eigenvalue weighted by molar-refractivity contribution is 6.41. The number of halogens is 2. The van der Waals surface area contributed by atoms with Gasteiger partial charge in [-0.2, -0.15) is 0 Å². The number of carbonyl (C=O) groups excluding carboxylic acids is 2. The molecule has 1 N–H and O–H groups in total. The number of aliphatic carboxylic acids is 1. The summed E-state index contributed by atoms with van der Waals surface area (Å²) in [6.45, 7) is 6.26. The molecule has 0 aliphatic rings. The van der Waals surface area contributed by atoms with Crippen LogP contribution in [0, 0.1) is 0 Å². The van der Waals surface area contributed by atoms with Crippen LogP contribution in [0.1, 0.15) is 119 Å². The minimum Gasteiger partial charge on any atom is -0.481 e. The maximum Gasteiger partial charge on any atom is 0.339 e. The standard InChI is InChI=1S/C24H38O4.C6H4Cl2.C2H4O2/c1-3-5-7-9-11-15-19-27-23(25)21-17-13-14-18-22(21)24(26)28-20-16-12-10-8-6-4-2;7-5-3-1-2-4-6(5)8;1-2(3)4/h13-14,17-18H,3-12,15-16,19-20H2,1-2H3;1-4H;1H3,(H,3,4). The Labute approximate surface area is 250 Å². The van der Waals surface area contributed by atoms with E-state index in [4.69, 9.17) is 42.6 Å². The molecular weight excluding hydrogens is 551 g/mol. The third kappa shape index (κ3) is 20.3. The molecule has 0 fully saturated rings. The molecule has 0 radical (unpaired) electrons. The molecule has 0 bridgehead atoms. The lowest BCUT2D eigenvalue weighted by molar-refractivity contribution is -0.134. The van der Waals surface area contributed by atoms with Crippen LogP contribution in [0.5, 0.6) is 0 Å². The second kappa shape index (κ2) is 25.4. The molecule has 0 aliphatic carbocycles. The summed E-state index contributed by atoms with van der Waals surface area (Å²) in [4.78, 5) is 33.7. The molecule has 0 spiro atoms. The number of unbranched alkanes of at least 4 members (excludes halogenated alkanes) is 10. The smallest absolute Gasteiger partial charge is 0.339 e. The van der Waals surface area contributed by atoms with Gasteiger partial charge in [-0.1, -0.05) is 126 Å². The zero-order valence-electron chi connectivity index (χ0n) is 24.3. The first-order valence-corrected chi connectivity index (χ1v) is 15.0. The highest BCUT2D eigenvalue weighted by atomic mass is 35.5. The number of carbonyl (C=O) groups is 3. The summed E-state index contributed by atoms with van der Waals surface area (Å²) in [5, 5.41) is 8.63. The van der Waals surface area contributed by atoms with E-state index < -0.39 is 17.9 Å². The van der Waals surface area contributed by atoms with Crippen molar-refractivity contribution >= 4 is 41.1 Å². The molecule has 2 rings (SSSR count). The van der Waals surface area contributed by atoms with Crippen LogP contribution in [0.2, 0.25) is 10.0 Å². The molecule has 0 unspecified atom stereocenters. The van der Waals surface area contributed by atoms with E-state index in [0.717, 1.165) is 32.6 Å². The van der Waals surface area contributed by atoms with Gasteiger partial charge < -0.3 is 14.6 Å². The molecule has 0 heterocycles. The first kappa shape index (κ1) is 37.4. The van der Waals surface area contributed by atoms with Gasteiger partial charge in [-0.25, -0.2) is 9.59 Å². The lowest BCUT2D eigenvalue weighted by atomic mass is 10.1. The van der Waals surface area contributed by atoms with Crippen molar-refractivity contribution in [2.24, 2.45) is 0 Å². The normalized spacial score (nSPS) is 9.93. The number of hydrogen-bond donors (Lipinski definition) is 1. The zero-order valence-corrected chi connectivity index (χ0v) is 25.8. The van der Waals surface area contributed by atoms with Gasteiger partial charge in [-0.3, -0.25) is 4.79 Å². The van der Waals surface area contributed by atoms with Crippen LogP contribution in [-0.2, 0) is 14.3 Å². The van der Waals surface area contributed by atoms with Crippen LogP contribution in [0.15, 0.2) is 48.5 Å². The third-order valence-electron chi connectivity index (χ3n) is 5.65. The first-order valence-electron chi connectivity index (χ1n) is 14.3. The van der Waals surface area contributed by atoms with Crippen molar-refractivity contribution in [1.82, 2.24) is 0 Å². The average molecular weight is 598 g/mol. The van der Waals surface area contributed by atoms with E-state index in [1.807, 2.05) is 12.1 Å². The fraction of sp³-hybridized carbons (Fsp3) is 0.531. The van der Waals surface area contributed by atoms with Crippen LogP contribution in [0.4, 0.5) is 0 Å². The molecule has 8 heteroatoms. The lowest BCUT2D eigenvalue weighted by Gasteiger charge is -2.10. The van der Waals surface area contributed by atoms with Crippen LogP contribution in [0.3, 0.4) is 0 Å². The van der Waals surface area contributed by atoms with E-state index in [0.29, 0.717) is 34.4 Å². The van der Waals surface area contributed by atoms with Crippen molar-refractivity contribution < 1.29 is 29.0 Å². The Morgan fingerprint density at radius 2 is 0.900 bits per heavy atom. The van der Waals surface area contributed by atoms with Gasteiger partial charge in [0.1, 0.15) is 0 Å². The average Bonchev–Trinajstić information content (AvgIpc) is 2.93. The van der Waals surface area contributed by atoms with Gasteiger partial charge in [0.05, 0.1) is 34.4 Å². The Balaban J connectivity index is 0.00000104. The molecular formula is C32H46Cl2O6. The molecule has 0 saturated carbocycles. The number of carboxylic acids is 1. The fourth-order valence-corrected chi connectivity index (χ4v) is 3.80. The van der Waals surface area contributed by atoms with Crippen LogP contribution >= 0.6 is 23.2 Å². The second-order valence-corrected chi connectivity index (χ2v) is 10.1. The largest absolute Gasteiger partial charge is 0.481 e. The Morgan fingerprint density at radius 1 is 0.600 bits per heavy atom. The minimum absolute atomic E-state index is 0.293. The molecule has 0 aliphatic heterocycles. The molecule has 6 nitrogen and oxygen atoms in total. The summed E-state index contributed by atoms with van der Waals surface area (Å²) in [5.41, 5.74) is 0.586. The van der Waals surface area contributed by atoms with Crippen LogP contribution < -0.4 is 0 Å². The second-order valence-electron chi connectivity index (χ2n) is 9.29. The van der Waals surface area contributed by atoms with E-state index >= 15 is 0 Å². The van der Waals surface area contributed by atoms with E-state index in [1.165, 1.54) is 51.4 Å². The van der Waals surface area contributed by atoms with E-state index in [-0.39, 0.29) is 0 Å². The van der Waals surface area contributed by atoms with Crippen molar-refractivity contribution in [1.29, 1.82) is 0 Å². The number of benzene rings is 2. The van der Waals surface area contributed by atoms with Gasteiger partial charge in [0.2, 0.25) is 0 Å². The lowest BCUT2D eigenvalue weighted by Crippen LogP contribution is -2.15. The van der Waals surface area contributed by atoms with Crippen molar-refractivity contribution in [3.05, 3.63) is 69.7 Å². The molecule has 224 valence electrons. The van der Waals surface area contributed by atoms with Crippen molar-refractivity contribution in [2.75, 3.05) is 13.2 Å². The van der Waals surface area contributed by atoms with Crippen molar-refractivity contribution in [3.8, 4) is 0 Å². The van der Waals surface area contributed by atoms with Crippen LogP contribution in [-0.4, -0.2) is 36.2 Å². The molecule has 0 atom stereocenters. The van der Waals surface area contributed by atoms with Gasteiger partial charge in [0.25, 0.3) is 5.97 Å². The molecule has 2 aromatic rings. The predicted octanol–water partition coefficient (Wildman–Crippen LogP) is 9.81. The quantitative estimate of drug-likeness (QED) is 0.153. The molecule has 0 saturated heterocycles. The maximum absolute atomic E-state index is 12.4. The number of esters is 2. The van der Waals surface area contributed by atoms with Crippen molar-refractivity contribution in [3.63, 3.8) is 0 Å². The Kier molecular flexibility index (Phi) is 23.8. The summed E-state index contributed by atoms with van der Waals surface area (Å²) in [6, 6.07) is 13.9. The molecule has 40 heavy (non-hydrogen) atoms. The van der Waals surface area contributed by atoms with Gasteiger partial charge in [0.15, 0.2) is 0 Å². The first-order chi connectivity index (χ1) is 19.2. The highest BCUT2D eigenvalue weighted by Gasteiger charge is 2.18. The minimum atomic E-state index is -0.833. The number of ether oxygens (including phenoxy) is 2. The Bertz CT molecular complexity index is 890. The van der Waals surface area contributed by atoms with Gasteiger partial charge >= 0.3 is 11.9 Å². The maximum atomic E-state index is 12.4. The summed E-state index contributed by atoms with van der Waals surface area (Å²) >= 11 is 11.2.